The highest BCUT2D eigenvalue weighted by atomic mass is 32.2. The van der Waals surface area contributed by atoms with Gasteiger partial charge in [0.1, 0.15) is 0 Å². The van der Waals surface area contributed by atoms with Gasteiger partial charge in [0.25, 0.3) is 5.91 Å². The third kappa shape index (κ3) is 4.50. The van der Waals surface area contributed by atoms with Crippen LogP contribution in [0.2, 0.25) is 0 Å². The van der Waals surface area contributed by atoms with Crippen molar-refractivity contribution in [1.82, 2.24) is 9.80 Å². The number of sulfonamides is 1. The summed E-state index contributed by atoms with van der Waals surface area (Å²) in [5, 5.41) is 0. The van der Waals surface area contributed by atoms with Crippen LogP contribution in [0.25, 0.3) is 0 Å². The van der Waals surface area contributed by atoms with Gasteiger partial charge in [-0.05, 0) is 29.7 Å². The summed E-state index contributed by atoms with van der Waals surface area (Å²) in [6, 6.07) is 6.26. The van der Waals surface area contributed by atoms with E-state index in [-0.39, 0.29) is 23.5 Å². The zero-order valence-electron chi connectivity index (χ0n) is 16.1. The Kier molecular flexibility index (Phi) is 5.31. The SMILES string of the molecule is CC(C)(C)CN1CCN(C(=O)c2ccc(N3C(=O)CCS3(=O)=O)cc2)CC1. The molecule has 0 unspecified atom stereocenters. The molecule has 8 heteroatoms. The van der Waals surface area contributed by atoms with Gasteiger partial charge < -0.3 is 4.90 Å². The largest absolute Gasteiger partial charge is 0.336 e. The van der Waals surface area contributed by atoms with Crippen molar-refractivity contribution in [3.05, 3.63) is 29.8 Å². The van der Waals surface area contributed by atoms with E-state index in [2.05, 4.69) is 25.7 Å². The molecule has 2 aliphatic rings. The van der Waals surface area contributed by atoms with Crippen LogP contribution in [-0.4, -0.2) is 68.5 Å². The summed E-state index contributed by atoms with van der Waals surface area (Å²) in [7, 11) is -3.58. The second kappa shape index (κ2) is 7.24. The van der Waals surface area contributed by atoms with Crippen molar-refractivity contribution < 1.29 is 18.0 Å². The minimum Gasteiger partial charge on any atom is -0.336 e. The molecule has 3 rings (SSSR count). The molecule has 0 saturated carbocycles. The topological polar surface area (TPSA) is 78.0 Å². The molecule has 148 valence electrons. The van der Waals surface area contributed by atoms with Gasteiger partial charge in [0.2, 0.25) is 15.9 Å². The quantitative estimate of drug-likeness (QED) is 0.779. The van der Waals surface area contributed by atoms with Crippen LogP contribution in [0.5, 0.6) is 0 Å². The first-order valence-corrected chi connectivity index (χ1v) is 10.9. The summed E-state index contributed by atoms with van der Waals surface area (Å²) >= 11 is 0. The van der Waals surface area contributed by atoms with Crippen molar-refractivity contribution in [2.24, 2.45) is 5.41 Å². The van der Waals surface area contributed by atoms with Crippen LogP contribution in [0.15, 0.2) is 24.3 Å². The Labute approximate surface area is 161 Å². The summed E-state index contributed by atoms with van der Waals surface area (Å²) in [5.74, 6) is -0.651. The molecule has 2 saturated heterocycles. The van der Waals surface area contributed by atoms with E-state index in [0.29, 0.717) is 24.3 Å². The Balaban J connectivity index is 1.64. The number of carbonyl (C=O) groups is 2. The molecular weight excluding hydrogens is 366 g/mol. The van der Waals surface area contributed by atoms with Crippen LogP contribution >= 0.6 is 0 Å². The zero-order valence-corrected chi connectivity index (χ0v) is 17.0. The number of benzene rings is 1. The summed E-state index contributed by atoms with van der Waals surface area (Å²) < 4.78 is 24.8. The maximum absolute atomic E-state index is 12.7. The van der Waals surface area contributed by atoms with Crippen molar-refractivity contribution in [1.29, 1.82) is 0 Å². The maximum Gasteiger partial charge on any atom is 0.253 e. The number of carbonyl (C=O) groups excluding carboxylic acids is 2. The van der Waals surface area contributed by atoms with Crippen LogP contribution in [0, 0.1) is 5.41 Å². The van der Waals surface area contributed by atoms with Crippen molar-refractivity contribution in [2.45, 2.75) is 27.2 Å². The molecule has 2 amide bonds. The van der Waals surface area contributed by atoms with Crippen LogP contribution in [0.3, 0.4) is 0 Å². The van der Waals surface area contributed by atoms with Crippen molar-refractivity contribution in [2.75, 3.05) is 42.8 Å². The minimum atomic E-state index is -3.58. The van der Waals surface area contributed by atoms with Gasteiger partial charge in [-0.25, -0.2) is 12.7 Å². The van der Waals surface area contributed by atoms with E-state index >= 15 is 0 Å². The van der Waals surface area contributed by atoms with E-state index < -0.39 is 15.9 Å². The molecule has 2 fully saturated rings. The number of piperazine rings is 1. The van der Waals surface area contributed by atoms with Gasteiger partial charge in [-0.15, -0.1) is 0 Å². The maximum atomic E-state index is 12.7. The fourth-order valence-corrected chi connectivity index (χ4v) is 5.03. The Morgan fingerprint density at radius 2 is 1.63 bits per heavy atom. The predicted octanol–water partition coefficient (Wildman–Crippen LogP) is 1.56. The van der Waals surface area contributed by atoms with E-state index in [0.717, 1.165) is 23.9 Å². The van der Waals surface area contributed by atoms with Crippen molar-refractivity contribution in [3.63, 3.8) is 0 Å². The summed E-state index contributed by atoms with van der Waals surface area (Å²) in [6.45, 7) is 10.7. The summed E-state index contributed by atoms with van der Waals surface area (Å²) in [6.07, 6.45) is 0.00184. The molecule has 0 radical (unpaired) electrons. The molecule has 2 aliphatic heterocycles. The molecular formula is C19H27N3O4S. The fraction of sp³-hybridized carbons (Fsp3) is 0.579. The minimum absolute atomic E-state index is 0.00184. The number of hydrogen-bond acceptors (Lipinski definition) is 5. The van der Waals surface area contributed by atoms with Crippen LogP contribution < -0.4 is 4.31 Å². The van der Waals surface area contributed by atoms with Crippen LogP contribution in [0.1, 0.15) is 37.6 Å². The Morgan fingerprint density at radius 1 is 1.04 bits per heavy atom. The van der Waals surface area contributed by atoms with E-state index in [4.69, 9.17) is 0 Å². The average molecular weight is 394 g/mol. The molecule has 1 aromatic carbocycles. The third-order valence-electron chi connectivity index (χ3n) is 4.78. The van der Waals surface area contributed by atoms with Gasteiger partial charge in [-0.2, -0.15) is 0 Å². The van der Waals surface area contributed by atoms with Gasteiger partial charge in [0, 0.05) is 44.7 Å². The van der Waals surface area contributed by atoms with E-state index in [1.165, 1.54) is 12.1 Å². The zero-order chi connectivity index (χ0) is 19.8. The highest BCUT2D eigenvalue weighted by molar-refractivity contribution is 7.94. The van der Waals surface area contributed by atoms with Crippen molar-refractivity contribution >= 4 is 27.5 Å². The predicted molar refractivity (Wildman–Crippen MR) is 104 cm³/mol. The first-order valence-electron chi connectivity index (χ1n) is 9.24. The summed E-state index contributed by atoms with van der Waals surface area (Å²) in [5.41, 5.74) is 1.03. The molecule has 0 atom stereocenters. The Morgan fingerprint density at radius 3 is 2.11 bits per heavy atom. The molecule has 0 spiro atoms. The summed E-state index contributed by atoms with van der Waals surface area (Å²) in [4.78, 5) is 28.8. The highest BCUT2D eigenvalue weighted by Gasteiger charge is 2.36. The van der Waals surface area contributed by atoms with Crippen LogP contribution in [-0.2, 0) is 14.8 Å². The smallest absolute Gasteiger partial charge is 0.253 e. The highest BCUT2D eigenvalue weighted by Crippen LogP contribution is 2.25. The number of rotatable bonds is 3. The lowest BCUT2D eigenvalue weighted by molar-refractivity contribution is -0.116. The molecule has 1 aromatic rings. The fourth-order valence-electron chi connectivity index (χ4n) is 3.57. The first-order chi connectivity index (χ1) is 12.6. The van der Waals surface area contributed by atoms with E-state index in [1.54, 1.807) is 12.1 Å². The second-order valence-corrected chi connectivity index (χ2v) is 10.3. The molecule has 7 nitrogen and oxygen atoms in total. The Bertz CT molecular complexity index is 820. The van der Waals surface area contributed by atoms with Gasteiger partial charge in [-0.3, -0.25) is 14.5 Å². The lowest BCUT2D eigenvalue weighted by Crippen LogP contribution is -2.50. The van der Waals surface area contributed by atoms with E-state index in [1.807, 2.05) is 4.90 Å². The number of anilines is 1. The molecule has 0 aromatic heterocycles. The van der Waals surface area contributed by atoms with Crippen molar-refractivity contribution in [3.8, 4) is 0 Å². The molecule has 0 N–H and O–H groups in total. The van der Waals surface area contributed by atoms with Crippen LogP contribution in [0.4, 0.5) is 5.69 Å². The standard InChI is InChI=1S/C19H27N3O4S/c1-19(2,3)14-20-9-11-21(12-10-20)18(24)15-4-6-16(7-5-15)22-17(23)8-13-27(22,25)26/h4-7H,8-14H2,1-3H3. The molecule has 27 heavy (non-hydrogen) atoms. The van der Waals surface area contributed by atoms with E-state index in [9.17, 15) is 18.0 Å². The number of nitrogens with zero attached hydrogens (tertiary/aromatic N) is 3. The number of hydrogen-bond donors (Lipinski definition) is 0. The molecule has 0 bridgehead atoms. The van der Waals surface area contributed by atoms with Gasteiger partial charge in [-0.1, -0.05) is 20.8 Å². The molecule has 2 heterocycles. The van der Waals surface area contributed by atoms with Gasteiger partial charge >= 0.3 is 0 Å². The Hall–Kier alpha value is -1.93. The normalized spacial score (nSPS) is 20.9. The average Bonchev–Trinajstić information content (AvgIpc) is 2.87. The monoisotopic (exact) mass is 393 g/mol. The molecule has 0 aliphatic carbocycles. The second-order valence-electron chi connectivity index (χ2n) is 8.40. The number of amides is 2. The third-order valence-corrected chi connectivity index (χ3v) is 6.48. The van der Waals surface area contributed by atoms with Gasteiger partial charge in [0.05, 0.1) is 11.4 Å². The first kappa shape index (κ1) is 19.8. The lowest BCUT2D eigenvalue weighted by Gasteiger charge is -2.37. The lowest BCUT2D eigenvalue weighted by atomic mass is 9.96. The van der Waals surface area contributed by atoms with Gasteiger partial charge in [0.15, 0.2) is 0 Å².